The van der Waals surface area contributed by atoms with Crippen molar-refractivity contribution in [3.05, 3.63) is 47.5 Å². The molecule has 27 heavy (non-hydrogen) atoms. The number of amides is 1. The summed E-state index contributed by atoms with van der Waals surface area (Å²) in [4.78, 5) is 25.1. The van der Waals surface area contributed by atoms with Gasteiger partial charge >= 0.3 is 5.97 Å². The van der Waals surface area contributed by atoms with E-state index in [9.17, 15) is 14.7 Å². The Morgan fingerprint density at radius 2 is 2.15 bits per heavy atom. The highest BCUT2D eigenvalue weighted by Gasteiger charge is 2.28. The highest BCUT2D eigenvalue weighted by Crippen LogP contribution is 2.21. The number of aliphatic hydroxyl groups is 1. The van der Waals surface area contributed by atoms with Crippen LogP contribution >= 0.6 is 0 Å². The normalized spacial score (nSPS) is 18.4. The average molecular weight is 373 g/mol. The molecule has 1 heterocycles. The van der Waals surface area contributed by atoms with E-state index in [2.05, 4.69) is 6.92 Å². The molecular formula is C22H31NO4. The maximum atomic E-state index is 12.2. The zero-order chi connectivity index (χ0) is 19.6. The first-order valence-corrected chi connectivity index (χ1v) is 9.99. The topological polar surface area (TPSA) is 77.8 Å². The fraction of sp³-hybridized carbons (Fsp3) is 0.545. The van der Waals surface area contributed by atoms with E-state index in [0.717, 1.165) is 50.5 Å². The number of nitrogens with zero attached hydrogens (tertiary/aromatic N) is 1. The van der Waals surface area contributed by atoms with Crippen molar-refractivity contribution in [2.24, 2.45) is 0 Å². The van der Waals surface area contributed by atoms with Gasteiger partial charge in [0, 0.05) is 13.0 Å². The highest BCUT2D eigenvalue weighted by molar-refractivity contribution is 5.87. The number of hydrogen-bond donors (Lipinski definition) is 2. The van der Waals surface area contributed by atoms with Crippen molar-refractivity contribution in [3.63, 3.8) is 0 Å². The molecule has 1 aliphatic heterocycles. The lowest BCUT2D eigenvalue weighted by Crippen LogP contribution is -2.33. The molecule has 0 radical (unpaired) electrons. The summed E-state index contributed by atoms with van der Waals surface area (Å²) < 4.78 is 0. The summed E-state index contributed by atoms with van der Waals surface area (Å²) in [6.45, 7) is 2.79. The van der Waals surface area contributed by atoms with Gasteiger partial charge in [0.15, 0.2) is 0 Å². The summed E-state index contributed by atoms with van der Waals surface area (Å²) in [6, 6.07) is 7.01. The van der Waals surface area contributed by atoms with E-state index in [1.807, 2.05) is 23.1 Å². The molecule has 0 saturated carbocycles. The number of rotatable bonds is 11. The van der Waals surface area contributed by atoms with Crippen LogP contribution in [0.15, 0.2) is 36.4 Å². The molecule has 1 saturated heterocycles. The third-order valence-corrected chi connectivity index (χ3v) is 5.07. The van der Waals surface area contributed by atoms with Gasteiger partial charge in [0.25, 0.3) is 0 Å². The van der Waals surface area contributed by atoms with Gasteiger partial charge in [-0.3, -0.25) is 4.79 Å². The van der Waals surface area contributed by atoms with E-state index < -0.39 is 12.1 Å². The van der Waals surface area contributed by atoms with Crippen LogP contribution in [0, 0.1) is 0 Å². The standard InChI is InChI=1S/C22H31NO4/c1-2-3-4-10-20(24)13-11-19-12-14-21(25)23(19)15-6-8-17-7-5-9-18(16-17)22(26)27/h5,7,9,11,13,16,19-20,24H,2-4,6,8,10,12,14-15H2,1H3,(H,26,27)/b13-11+/t19-,20-/m0/s1. The molecule has 0 unspecified atom stereocenters. The van der Waals surface area contributed by atoms with Gasteiger partial charge in [-0.1, -0.05) is 50.5 Å². The Balaban J connectivity index is 1.83. The first-order valence-electron chi connectivity index (χ1n) is 9.99. The predicted octanol–water partition coefficient (Wildman–Crippen LogP) is 3.81. The van der Waals surface area contributed by atoms with Gasteiger partial charge in [-0.05, 0) is 43.4 Å². The Morgan fingerprint density at radius 1 is 1.33 bits per heavy atom. The van der Waals surface area contributed by atoms with E-state index in [-0.39, 0.29) is 11.9 Å². The van der Waals surface area contributed by atoms with Gasteiger partial charge in [0.05, 0.1) is 17.7 Å². The van der Waals surface area contributed by atoms with E-state index in [0.29, 0.717) is 18.5 Å². The molecule has 2 rings (SSSR count). The number of aliphatic hydroxyl groups excluding tert-OH is 1. The molecule has 0 spiro atoms. The molecule has 0 aromatic heterocycles. The largest absolute Gasteiger partial charge is 0.478 e. The Bertz CT molecular complexity index is 655. The van der Waals surface area contributed by atoms with Crippen molar-refractivity contribution in [3.8, 4) is 0 Å². The summed E-state index contributed by atoms with van der Waals surface area (Å²) in [5.41, 5.74) is 1.27. The van der Waals surface area contributed by atoms with E-state index in [1.54, 1.807) is 18.2 Å². The van der Waals surface area contributed by atoms with Crippen LogP contribution in [0.25, 0.3) is 0 Å². The number of hydrogen-bond acceptors (Lipinski definition) is 3. The first-order chi connectivity index (χ1) is 13.0. The zero-order valence-corrected chi connectivity index (χ0v) is 16.1. The van der Waals surface area contributed by atoms with Crippen LogP contribution in [0.2, 0.25) is 0 Å². The van der Waals surface area contributed by atoms with Crippen molar-refractivity contribution in [2.75, 3.05) is 6.54 Å². The van der Waals surface area contributed by atoms with Crippen LogP contribution in [0.4, 0.5) is 0 Å². The van der Waals surface area contributed by atoms with Crippen LogP contribution in [-0.2, 0) is 11.2 Å². The van der Waals surface area contributed by atoms with Crippen molar-refractivity contribution < 1.29 is 19.8 Å². The van der Waals surface area contributed by atoms with Crippen LogP contribution in [-0.4, -0.2) is 45.7 Å². The molecule has 148 valence electrons. The minimum absolute atomic E-state index is 0.0590. The third-order valence-electron chi connectivity index (χ3n) is 5.07. The van der Waals surface area contributed by atoms with Gasteiger partial charge in [0.2, 0.25) is 5.91 Å². The molecular weight excluding hydrogens is 342 g/mol. The number of aromatic carboxylic acids is 1. The summed E-state index contributed by atoms with van der Waals surface area (Å²) in [5, 5.41) is 19.1. The van der Waals surface area contributed by atoms with E-state index >= 15 is 0 Å². The molecule has 2 atom stereocenters. The first kappa shape index (κ1) is 21.2. The number of benzene rings is 1. The highest BCUT2D eigenvalue weighted by atomic mass is 16.4. The number of aryl methyl sites for hydroxylation is 1. The molecule has 1 aliphatic rings. The number of carbonyl (C=O) groups is 2. The van der Waals surface area contributed by atoms with Crippen molar-refractivity contribution in [2.45, 2.75) is 70.4 Å². The number of carboxylic acid groups (broad SMARTS) is 1. The fourth-order valence-electron chi connectivity index (χ4n) is 3.52. The Kier molecular flexibility index (Phi) is 8.52. The number of likely N-dealkylation sites (tertiary alicyclic amines) is 1. The second-order valence-electron chi connectivity index (χ2n) is 7.25. The van der Waals surface area contributed by atoms with Gasteiger partial charge in [-0.2, -0.15) is 0 Å². The predicted molar refractivity (Wildman–Crippen MR) is 106 cm³/mol. The molecule has 0 aliphatic carbocycles. The molecule has 1 amide bonds. The fourth-order valence-corrected chi connectivity index (χ4v) is 3.52. The Morgan fingerprint density at radius 3 is 2.89 bits per heavy atom. The second kappa shape index (κ2) is 10.9. The van der Waals surface area contributed by atoms with Crippen LogP contribution in [0.5, 0.6) is 0 Å². The third kappa shape index (κ3) is 6.83. The molecule has 1 fully saturated rings. The minimum Gasteiger partial charge on any atom is -0.478 e. The molecule has 5 nitrogen and oxygen atoms in total. The molecule has 0 bridgehead atoms. The summed E-state index contributed by atoms with van der Waals surface area (Å²) in [5.74, 6) is -0.765. The van der Waals surface area contributed by atoms with Crippen LogP contribution < -0.4 is 0 Å². The number of carbonyl (C=O) groups excluding carboxylic acids is 1. The van der Waals surface area contributed by atoms with Gasteiger partial charge in [0.1, 0.15) is 0 Å². The van der Waals surface area contributed by atoms with Crippen molar-refractivity contribution >= 4 is 11.9 Å². The lowest BCUT2D eigenvalue weighted by molar-refractivity contribution is -0.128. The van der Waals surface area contributed by atoms with Gasteiger partial charge in [-0.25, -0.2) is 4.79 Å². The molecule has 1 aromatic carbocycles. The SMILES string of the molecule is CCCCC[C@H](O)/C=C/[C@H]1CCC(=O)N1CCCc1cccc(C(=O)O)c1. The average Bonchev–Trinajstić information content (AvgIpc) is 3.00. The van der Waals surface area contributed by atoms with Gasteiger partial charge in [-0.15, -0.1) is 0 Å². The van der Waals surface area contributed by atoms with Gasteiger partial charge < -0.3 is 15.1 Å². The van der Waals surface area contributed by atoms with E-state index in [4.69, 9.17) is 5.11 Å². The summed E-state index contributed by atoms with van der Waals surface area (Å²) in [6.07, 6.45) is 10.3. The lowest BCUT2D eigenvalue weighted by Gasteiger charge is -2.22. The number of carboxylic acids is 1. The van der Waals surface area contributed by atoms with Crippen LogP contribution in [0.1, 0.15) is 67.8 Å². The Hall–Kier alpha value is -2.14. The second-order valence-corrected chi connectivity index (χ2v) is 7.25. The smallest absolute Gasteiger partial charge is 0.335 e. The Labute approximate surface area is 161 Å². The molecule has 1 aromatic rings. The van der Waals surface area contributed by atoms with E-state index in [1.165, 1.54) is 0 Å². The maximum Gasteiger partial charge on any atom is 0.335 e. The lowest BCUT2D eigenvalue weighted by atomic mass is 10.1. The number of unbranched alkanes of at least 4 members (excludes halogenated alkanes) is 2. The van der Waals surface area contributed by atoms with Crippen molar-refractivity contribution in [1.82, 2.24) is 4.90 Å². The maximum absolute atomic E-state index is 12.2. The summed E-state index contributed by atoms with van der Waals surface area (Å²) in [7, 11) is 0. The monoisotopic (exact) mass is 373 g/mol. The summed E-state index contributed by atoms with van der Waals surface area (Å²) >= 11 is 0. The van der Waals surface area contributed by atoms with Crippen molar-refractivity contribution in [1.29, 1.82) is 0 Å². The zero-order valence-electron chi connectivity index (χ0n) is 16.1. The molecule has 2 N–H and O–H groups in total. The van der Waals surface area contributed by atoms with Crippen LogP contribution in [0.3, 0.4) is 0 Å². The quantitative estimate of drug-likeness (QED) is 0.457. The molecule has 5 heteroatoms. The minimum atomic E-state index is -0.922.